The van der Waals surface area contributed by atoms with E-state index in [0.29, 0.717) is 5.56 Å². The summed E-state index contributed by atoms with van der Waals surface area (Å²) >= 11 is 0. The highest BCUT2D eigenvalue weighted by Gasteiger charge is 2.14. The van der Waals surface area contributed by atoms with E-state index in [0.717, 1.165) is 44.2 Å². The maximum Gasteiger partial charge on any atom is 0.170 e. The molecule has 6 heteroatoms. The van der Waals surface area contributed by atoms with Crippen molar-refractivity contribution in [3.8, 4) is 5.75 Å². The van der Waals surface area contributed by atoms with E-state index in [1.165, 1.54) is 0 Å². The van der Waals surface area contributed by atoms with Crippen molar-refractivity contribution < 1.29 is 14.7 Å². The van der Waals surface area contributed by atoms with E-state index < -0.39 is 0 Å². The zero-order chi connectivity index (χ0) is 13.7. The third-order valence-corrected chi connectivity index (χ3v) is 3.18. The summed E-state index contributed by atoms with van der Waals surface area (Å²) in [4.78, 5) is 2.29. The average Bonchev–Trinajstić information content (AvgIpc) is 2.47. The van der Waals surface area contributed by atoms with Crippen LogP contribution in [0.2, 0.25) is 0 Å². The van der Waals surface area contributed by atoms with Crippen LogP contribution in [0.5, 0.6) is 5.75 Å². The Morgan fingerprint density at radius 3 is 2.84 bits per heavy atom. The van der Waals surface area contributed by atoms with E-state index in [-0.39, 0.29) is 5.84 Å². The van der Waals surface area contributed by atoms with Crippen LogP contribution < -0.4 is 10.5 Å². The molecule has 1 aromatic carbocycles. The fourth-order valence-electron chi connectivity index (χ4n) is 2.12. The first-order valence-corrected chi connectivity index (χ1v) is 6.19. The molecule has 3 N–H and O–H groups in total. The molecular formula is C13H19N3O3. The van der Waals surface area contributed by atoms with Crippen molar-refractivity contribution in [2.24, 2.45) is 10.9 Å². The van der Waals surface area contributed by atoms with Crippen molar-refractivity contribution in [2.75, 3.05) is 33.4 Å². The monoisotopic (exact) mass is 265 g/mol. The van der Waals surface area contributed by atoms with Gasteiger partial charge in [0.05, 0.1) is 20.3 Å². The van der Waals surface area contributed by atoms with Gasteiger partial charge in [-0.2, -0.15) is 0 Å². The first kappa shape index (κ1) is 13.6. The second-order valence-corrected chi connectivity index (χ2v) is 4.40. The van der Waals surface area contributed by atoms with Crippen LogP contribution in [0.15, 0.2) is 23.4 Å². The molecule has 1 aromatic rings. The minimum atomic E-state index is 0.103. The van der Waals surface area contributed by atoms with E-state index in [1.54, 1.807) is 13.2 Å². The normalized spacial score (nSPS) is 17.4. The second-order valence-electron chi connectivity index (χ2n) is 4.40. The number of morpholine rings is 1. The molecule has 104 valence electrons. The molecule has 0 aliphatic carbocycles. The molecule has 0 bridgehead atoms. The molecule has 2 rings (SSSR count). The summed E-state index contributed by atoms with van der Waals surface area (Å²) in [5, 5.41) is 11.8. The molecule has 1 heterocycles. The highest BCUT2D eigenvalue weighted by molar-refractivity contribution is 5.97. The Labute approximate surface area is 112 Å². The summed E-state index contributed by atoms with van der Waals surface area (Å²) in [5.74, 6) is 0.909. The lowest BCUT2D eigenvalue weighted by atomic mass is 10.1. The van der Waals surface area contributed by atoms with Gasteiger partial charge in [0.2, 0.25) is 0 Å². The highest BCUT2D eigenvalue weighted by atomic mass is 16.5. The Bertz CT molecular complexity index is 456. The van der Waals surface area contributed by atoms with Crippen molar-refractivity contribution in [1.29, 1.82) is 0 Å². The Morgan fingerprint density at radius 2 is 2.21 bits per heavy atom. The predicted molar refractivity (Wildman–Crippen MR) is 71.6 cm³/mol. The number of hydrogen-bond donors (Lipinski definition) is 2. The molecule has 1 aliphatic heterocycles. The van der Waals surface area contributed by atoms with Crippen LogP contribution in [-0.2, 0) is 11.3 Å². The molecule has 1 saturated heterocycles. The lowest BCUT2D eigenvalue weighted by Crippen LogP contribution is -2.35. The van der Waals surface area contributed by atoms with Crippen LogP contribution in [0, 0.1) is 0 Å². The van der Waals surface area contributed by atoms with Crippen LogP contribution in [0.25, 0.3) is 0 Å². The van der Waals surface area contributed by atoms with Crippen molar-refractivity contribution in [3.63, 3.8) is 0 Å². The molecule has 1 aliphatic rings. The van der Waals surface area contributed by atoms with Gasteiger partial charge in [0.15, 0.2) is 5.84 Å². The van der Waals surface area contributed by atoms with Crippen molar-refractivity contribution in [2.45, 2.75) is 6.54 Å². The van der Waals surface area contributed by atoms with Gasteiger partial charge in [-0.05, 0) is 18.2 Å². The molecule has 19 heavy (non-hydrogen) atoms. The predicted octanol–water partition coefficient (Wildman–Crippen LogP) is 0.622. The number of methoxy groups -OCH3 is 1. The fourth-order valence-corrected chi connectivity index (χ4v) is 2.12. The first-order chi connectivity index (χ1) is 9.24. The van der Waals surface area contributed by atoms with E-state index in [1.807, 2.05) is 12.1 Å². The van der Waals surface area contributed by atoms with Gasteiger partial charge in [-0.15, -0.1) is 0 Å². The Hall–Kier alpha value is -1.79. The molecule has 0 radical (unpaired) electrons. The van der Waals surface area contributed by atoms with Crippen molar-refractivity contribution in [3.05, 3.63) is 29.3 Å². The van der Waals surface area contributed by atoms with E-state index in [2.05, 4.69) is 10.1 Å². The third-order valence-electron chi connectivity index (χ3n) is 3.18. The molecule has 0 atom stereocenters. The number of benzene rings is 1. The van der Waals surface area contributed by atoms with E-state index in [4.69, 9.17) is 20.4 Å². The van der Waals surface area contributed by atoms with Gasteiger partial charge >= 0.3 is 0 Å². The summed E-state index contributed by atoms with van der Waals surface area (Å²) in [6.07, 6.45) is 0. The molecule has 0 amide bonds. The van der Waals surface area contributed by atoms with Crippen LogP contribution >= 0.6 is 0 Å². The summed E-state index contributed by atoms with van der Waals surface area (Å²) in [6.45, 7) is 4.07. The topological polar surface area (TPSA) is 80.3 Å². The zero-order valence-electron chi connectivity index (χ0n) is 11.0. The number of amidine groups is 1. The Kier molecular flexibility index (Phi) is 4.59. The van der Waals surface area contributed by atoms with Crippen molar-refractivity contribution >= 4 is 5.84 Å². The number of oxime groups is 1. The Morgan fingerprint density at radius 1 is 1.47 bits per heavy atom. The number of nitrogens with zero attached hydrogens (tertiary/aromatic N) is 2. The maximum atomic E-state index is 8.73. The number of nitrogens with two attached hydrogens (primary N) is 1. The lowest BCUT2D eigenvalue weighted by molar-refractivity contribution is 0.0339. The smallest absolute Gasteiger partial charge is 0.170 e. The van der Waals surface area contributed by atoms with Gasteiger partial charge in [0, 0.05) is 30.8 Å². The van der Waals surface area contributed by atoms with Gasteiger partial charge < -0.3 is 20.4 Å². The molecular weight excluding hydrogens is 246 g/mol. The lowest BCUT2D eigenvalue weighted by Gasteiger charge is -2.27. The minimum absolute atomic E-state index is 0.103. The van der Waals surface area contributed by atoms with Gasteiger partial charge in [0.25, 0.3) is 0 Å². The fraction of sp³-hybridized carbons (Fsp3) is 0.462. The molecule has 0 spiro atoms. The average molecular weight is 265 g/mol. The van der Waals surface area contributed by atoms with Crippen LogP contribution in [0.4, 0.5) is 0 Å². The van der Waals surface area contributed by atoms with E-state index in [9.17, 15) is 0 Å². The second kappa shape index (κ2) is 6.40. The quantitative estimate of drug-likeness (QED) is 0.361. The molecule has 6 nitrogen and oxygen atoms in total. The zero-order valence-corrected chi connectivity index (χ0v) is 11.0. The summed E-state index contributed by atoms with van der Waals surface area (Å²) in [5.41, 5.74) is 7.32. The number of ether oxygens (including phenoxy) is 2. The standard InChI is InChI=1S/C13H19N3O3/c1-18-12-3-2-10(13(14)15-17)8-11(12)9-16-4-6-19-7-5-16/h2-3,8,17H,4-7,9H2,1H3,(H2,14,15). The summed E-state index contributed by atoms with van der Waals surface area (Å²) in [6, 6.07) is 5.50. The highest BCUT2D eigenvalue weighted by Crippen LogP contribution is 2.22. The largest absolute Gasteiger partial charge is 0.496 e. The minimum Gasteiger partial charge on any atom is -0.496 e. The summed E-state index contributed by atoms with van der Waals surface area (Å²) < 4.78 is 10.7. The molecule has 0 saturated carbocycles. The van der Waals surface area contributed by atoms with E-state index >= 15 is 0 Å². The maximum absolute atomic E-state index is 8.73. The molecule has 1 fully saturated rings. The third kappa shape index (κ3) is 3.36. The Balaban J connectivity index is 2.20. The van der Waals surface area contributed by atoms with Crippen LogP contribution in [-0.4, -0.2) is 49.4 Å². The first-order valence-electron chi connectivity index (χ1n) is 6.19. The van der Waals surface area contributed by atoms with Gasteiger partial charge in [-0.25, -0.2) is 0 Å². The van der Waals surface area contributed by atoms with Gasteiger partial charge in [0.1, 0.15) is 5.75 Å². The molecule has 0 unspecified atom stereocenters. The SMILES string of the molecule is COc1ccc(/C(N)=N/O)cc1CN1CCOCC1. The summed E-state index contributed by atoms with van der Waals surface area (Å²) in [7, 11) is 1.64. The van der Waals surface area contributed by atoms with Crippen LogP contribution in [0.1, 0.15) is 11.1 Å². The van der Waals surface area contributed by atoms with Crippen molar-refractivity contribution in [1.82, 2.24) is 4.90 Å². The number of rotatable bonds is 4. The number of hydrogen-bond acceptors (Lipinski definition) is 5. The molecule has 0 aromatic heterocycles. The van der Waals surface area contributed by atoms with Gasteiger partial charge in [-0.3, -0.25) is 4.90 Å². The van der Waals surface area contributed by atoms with Crippen LogP contribution in [0.3, 0.4) is 0 Å². The van der Waals surface area contributed by atoms with Gasteiger partial charge in [-0.1, -0.05) is 5.16 Å².